The summed E-state index contributed by atoms with van der Waals surface area (Å²) in [4.78, 5) is 12.2. The maximum atomic E-state index is 12.2. The molecule has 2 N–H and O–H groups in total. The van der Waals surface area contributed by atoms with Gasteiger partial charge in [0.1, 0.15) is 0 Å². The molecule has 0 aliphatic carbocycles. The summed E-state index contributed by atoms with van der Waals surface area (Å²) in [5.41, 5.74) is 3.10. The summed E-state index contributed by atoms with van der Waals surface area (Å²) < 4.78 is 1.04. The second kappa shape index (κ2) is 6.08. The number of hydrogen-bond donors (Lipinski definition) is 2. The highest BCUT2D eigenvalue weighted by molar-refractivity contribution is 9.10. The lowest BCUT2D eigenvalue weighted by atomic mass is 10.1. The molecule has 1 aliphatic heterocycles. The summed E-state index contributed by atoms with van der Waals surface area (Å²) in [6.45, 7) is 4.92. The van der Waals surface area contributed by atoms with Crippen molar-refractivity contribution >= 4 is 39.3 Å². The highest BCUT2D eigenvalue weighted by Crippen LogP contribution is 2.25. The summed E-state index contributed by atoms with van der Waals surface area (Å²) in [6, 6.07) is 3.96. The van der Waals surface area contributed by atoms with Crippen LogP contribution in [0, 0.1) is 13.8 Å². The number of halogens is 1. The van der Waals surface area contributed by atoms with E-state index in [4.69, 9.17) is 0 Å². The summed E-state index contributed by atoms with van der Waals surface area (Å²) in [5, 5.41) is 6.29. The van der Waals surface area contributed by atoms with E-state index in [1.807, 2.05) is 37.7 Å². The number of nitrogens with one attached hydrogen (secondary N) is 2. The summed E-state index contributed by atoms with van der Waals surface area (Å²) in [6.07, 6.45) is 0. The molecule has 5 heteroatoms. The minimum Gasteiger partial charge on any atom is -0.324 e. The minimum atomic E-state index is -0.0776. The van der Waals surface area contributed by atoms with E-state index in [-0.39, 0.29) is 11.9 Å². The first-order chi connectivity index (χ1) is 8.58. The summed E-state index contributed by atoms with van der Waals surface area (Å²) in [7, 11) is 0. The van der Waals surface area contributed by atoms with Crippen molar-refractivity contribution in [1.82, 2.24) is 5.32 Å². The van der Waals surface area contributed by atoms with Crippen LogP contribution in [0.25, 0.3) is 0 Å². The maximum Gasteiger partial charge on any atom is 0.242 e. The third-order valence-corrected chi connectivity index (χ3v) is 4.50. The zero-order valence-corrected chi connectivity index (χ0v) is 13.0. The summed E-state index contributed by atoms with van der Waals surface area (Å²) >= 11 is 5.28. The van der Waals surface area contributed by atoms with Gasteiger partial charge in [0.25, 0.3) is 0 Å². The highest BCUT2D eigenvalue weighted by atomic mass is 79.9. The van der Waals surface area contributed by atoms with E-state index in [0.717, 1.165) is 39.3 Å². The molecule has 1 aromatic carbocycles. The molecule has 0 bridgehead atoms. The smallest absolute Gasteiger partial charge is 0.242 e. The van der Waals surface area contributed by atoms with Crippen LogP contribution < -0.4 is 10.6 Å². The largest absolute Gasteiger partial charge is 0.324 e. The third-order valence-electron chi connectivity index (χ3n) is 2.98. The van der Waals surface area contributed by atoms with Crippen LogP contribution in [0.2, 0.25) is 0 Å². The van der Waals surface area contributed by atoms with Crippen LogP contribution in [-0.2, 0) is 4.79 Å². The molecule has 1 amide bonds. The number of rotatable bonds is 2. The highest BCUT2D eigenvalue weighted by Gasteiger charge is 2.21. The standard InChI is InChI=1S/C13H17BrN2OS/c1-8-5-10(14)6-9(2)12(8)16-13(17)11-7-18-4-3-15-11/h5-6,11,15H,3-4,7H2,1-2H3,(H,16,17). The Labute approximate surface area is 120 Å². The van der Waals surface area contributed by atoms with E-state index < -0.39 is 0 Å². The Balaban J connectivity index is 2.11. The van der Waals surface area contributed by atoms with Gasteiger partial charge in [0.15, 0.2) is 0 Å². The van der Waals surface area contributed by atoms with Gasteiger partial charge in [-0.05, 0) is 37.1 Å². The van der Waals surface area contributed by atoms with E-state index >= 15 is 0 Å². The Hall–Kier alpha value is -0.520. The SMILES string of the molecule is Cc1cc(Br)cc(C)c1NC(=O)C1CSCCN1. The van der Waals surface area contributed by atoms with E-state index in [2.05, 4.69) is 26.6 Å². The molecule has 0 saturated carbocycles. The number of anilines is 1. The monoisotopic (exact) mass is 328 g/mol. The molecular weight excluding hydrogens is 312 g/mol. The number of carbonyl (C=O) groups excluding carboxylic acids is 1. The van der Waals surface area contributed by atoms with Crippen molar-refractivity contribution in [1.29, 1.82) is 0 Å². The Morgan fingerprint density at radius 1 is 1.44 bits per heavy atom. The Bertz CT molecular complexity index is 435. The van der Waals surface area contributed by atoms with Gasteiger partial charge in [0.2, 0.25) is 5.91 Å². The number of hydrogen-bond acceptors (Lipinski definition) is 3. The Kier molecular flexibility index (Phi) is 4.70. The normalized spacial score (nSPS) is 19.6. The van der Waals surface area contributed by atoms with Crippen molar-refractivity contribution in [3.05, 3.63) is 27.7 Å². The van der Waals surface area contributed by atoms with Gasteiger partial charge in [-0.1, -0.05) is 15.9 Å². The van der Waals surface area contributed by atoms with Crippen molar-refractivity contribution in [2.75, 3.05) is 23.4 Å². The first kappa shape index (κ1) is 13.9. The van der Waals surface area contributed by atoms with Crippen molar-refractivity contribution < 1.29 is 4.79 Å². The average Bonchev–Trinajstić information content (AvgIpc) is 2.34. The van der Waals surface area contributed by atoms with Gasteiger partial charge in [0.05, 0.1) is 6.04 Å². The minimum absolute atomic E-state index is 0.0655. The molecule has 3 nitrogen and oxygen atoms in total. The molecule has 1 unspecified atom stereocenters. The fourth-order valence-corrected chi connectivity index (χ4v) is 3.67. The maximum absolute atomic E-state index is 12.2. The lowest BCUT2D eigenvalue weighted by Gasteiger charge is -2.23. The molecule has 0 radical (unpaired) electrons. The van der Waals surface area contributed by atoms with Crippen molar-refractivity contribution in [2.45, 2.75) is 19.9 Å². The van der Waals surface area contributed by atoms with Crippen LogP contribution in [0.15, 0.2) is 16.6 Å². The van der Waals surface area contributed by atoms with Gasteiger partial charge in [-0.15, -0.1) is 0 Å². The van der Waals surface area contributed by atoms with Crippen LogP contribution in [-0.4, -0.2) is 30.0 Å². The topological polar surface area (TPSA) is 41.1 Å². The number of thioether (sulfide) groups is 1. The second-order valence-electron chi connectivity index (χ2n) is 4.49. The lowest BCUT2D eigenvalue weighted by Crippen LogP contribution is -2.46. The fraction of sp³-hybridized carbons (Fsp3) is 0.462. The molecular formula is C13H17BrN2OS. The molecule has 2 rings (SSSR count). The van der Waals surface area contributed by atoms with E-state index in [9.17, 15) is 4.79 Å². The van der Waals surface area contributed by atoms with Crippen molar-refractivity contribution in [3.63, 3.8) is 0 Å². The number of benzene rings is 1. The number of carbonyl (C=O) groups is 1. The Morgan fingerprint density at radius 2 is 2.11 bits per heavy atom. The first-order valence-corrected chi connectivity index (χ1v) is 7.91. The quantitative estimate of drug-likeness (QED) is 0.877. The van der Waals surface area contributed by atoms with Gasteiger partial charge in [-0.3, -0.25) is 4.79 Å². The predicted molar refractivity (Wildman–Crippen MR) is 81.4 cm³/mol. The molecule has 98 valence electrons. The molecule has 1 atom stereocenters. The van der Waals surface area contributed by atoms with Crippen molar-refractivity contribution in [3.8, 4) is 0 Å². The second-order valence-corrected chi connectivity index (χ2v) is 6.55. The van der Waals surface area contributed by atoms with Crippen LogP contribution in [0.1, 0.15) is 11.1 Å². The first-order valence-electron chi connectivity index (χ1n) is 5.96. The zero-order valence-electron chi connectivity index (χ0n) is 10.5. The van der Waals surface area contributed by atoms with Crippen LogP contribution >= 0.6 is 27.7 Å². The Morgan fingerprint density at radius 3 is 2.67 bits per heavy atom. The summed E-state index contributed by atoms with van der Waals surface area (Å²) in [5.74, 6) is 2.00. The van der Waals surface area contributed by atoms with Crippen LogP contribution in [0.5, 0.6) is 0 Å². The molecule has 0 spiro atoms. The zero-order chi connectivity index (χ0) is 13.1. The molecule has 1 fully saturated rings. The van der Waals surface area contributed by atoms with E-state index in [0.29, 0.717) is 0 Å². The molecule has 1 aromatic rings. The van der Waals surface area contributed by atoms with Gasteiger partial charge in [-0.25, -0.2) is 0 Å². The fourth-order valence-electron chi connectivity index (χ4n) is 2.05. The molecule has 1 aliphatic rings. The van der Waals surface area contributed by atoms with Gasteiger partial charge >= 0.3 is 0 Å². The van der Waals surface area contributed by atoms with Gasteiger partial charge in [0, 0.05) is 28.2 Å². The van der Waals surface area contributed by atoms with Crippen LogP contribution in [0.3, 0.4) is 0 Å². The molecule has 18 heavy (non-hydrogen) atoms. The molecule has 1 heterocycles. The van der Waals surface area contributed by atoms with Gasteiger partial charge < -0.3 is 10.6 Å². The number of amides is 1. The van der Waals surface area contributed by atoms with Crippen LogP contribution in [0.4, 0.5) is 5.69 Å². The van der Waals surface area contributed by atoms with Gasteiger partial charge in [-0.2, -0.15) is 11.8 Å². The van der Waals surface area contributed by atoms with E-state index in [1.54, 1.807) is 0 Å². The number of aryl methyl sites for hydroxylation is 2. The van der Waals surface area contributed by atoms with Crippen molar-refractivity contribution in [2.24, 2.45) is 0 Å². The predicted octanol–water partition coefficient (Wildman–Crippen LogP) is 2.71. The molecule has 0 aromatic heterocycles. The average molecular weight is 329 g/mol. The molecule has 1 saturated heterocycles. The lowest BCUT2D eigenvalue weighted by molar-refractivity contribution is -0.117. The third kappa shape index (κ3) is 3.28. The van der Waals surface area contributed by atoms with E-state index in [1.165, 1.54) is 0 Å².